The van der Waals surface area contributed by atoms with Crippen LogP contribution in [0.25, 0.3) is 0 Å². The van der Waals surface area contributed by atoms with Crippen molar-refractivity contribution in [1.29, 1.82) is 0 Å². The molecule has 2 rings (SSSR count). The molecule has 18 heavy (non-hydrogen) atoms. The standard InChI is InChI=1S/C14H18N4/c1-4-13-17-11(3)8-14(18-13)16-9-12-10(2)6-5-7-15-12/h5-8H,4,9H2,1-3H3,(H,16,17,18). The van der Waals surface area contributed by atoms with Crippen LogP contribution in [-0.4, -0.2) is 15.0 Å². The fourth-order valence-corrected chi connectivity index (χ4v) is 1.76. The highest BCUT2D eigenvalue weighted by Crippen LogP contribution is 2.10. The van der Waals surface area contributed by atoms with E-state index in [0.717, 1.165) is 29.5 Å². The minimum atomic E-state index is 0.687. The van der Waals surface area contributed by atoms with E-state index in [1.54, 1.807) is 0 Å². The van der Waals surface area contributed by atoms with Gasteiger partial charge in [-0.2, -0.15) is 0 Å². The van der Waals surface area contributed by atoms with E-state index in [2.05, 4.69) is 40.2 Å². The minimum absolute atomic E-state index is 0.687. The van der Waals surface area contributed by atoms with Crippen molar-refractivity contribution in [2.75, 3.05) is 5.32 Å². The zero-order valence-electron chi connectivity index (χ0n) is 11.1. The Hall–Kier alpha value is -1.97. The summed E-state index contributed by atoms with van der Waals surface area (Å²) in [5.41, 5.74) is 3.22. The number of aryl methyl sites for hydroxylation is 3. The molecule has 0 aliphatic rings. The second-order valence-electron chi connectivity index (χ2n) is 4.28. The topological polar surface area (TPSA) is 50.7 Å². The first kappa shape index (κ1) is 12.5. The summed E-state index contributed by atoms with van der Waals surface area (Å²) < 4.78 is 0. The Morgan fingerprint density at radius 1 is 1.22 bits per heavy atom. The summed E-state index contributed by atoms with van der Waals surface area (Å²) in [5.74, 6) is 1.74. The summed E-state index contributed by atoms with van der Waals surface area (Å²) in [6.45, 7) is 6.79. The second kappa shape index (κ2) is 5.58. The fourth-order valence-electron chi connectivity index (χ4n) is 1.76. The van der Waals surface area contributed by atoms with Crippen LogP contribution in [-0.2, 0) is 13.0 Å². The molecule has 0 spiro atoms. The van der Waals surface area contributed by atoms with Crippen LogP contribution in [0.1, 0.15) is 29.7 Å². The highest BCUT2D eigenvalue weighted by molar-refractivity contribution is 5.37. The Balaban J connectivity index is 2.11. The fraction of sp³-hybridized carbons (Fsp3) is 0.357. The molecule has 0 atom stereocenters. The molecule has 1 N–H and O–H groups in total. The van der Waals surface area contributed by atoms with E-state index < -0.39 is 0 Å². The van der Waals surface area contributed by atoms with Crippen LogP contribution in [0.3, 0.4) is 0 Å². The monoisotopic (exact) mass is 242 g/mol. The first-order valence-corrected chi connectivity index (χ1v) is 6.18. The predicted molar refractivity (Wildman–Crippen MR) is 72.4 cm³/mol. The van der Waals surface area contributed by atoms with Crippen LogP contribution < -0.4 is 5.32 Å². The smallest absolute Gasteiger partial charge is 0.130 e. The van der Waals surface area contributed by atoms with E-state index in [0.29, 0.717) is 6.54 Å². The lowest BCUT2D eigenvalue weighted by atomic mass is 10.2. The van der Waals surface area contributed by atoms with Gasteiger partial charge in [-0.3, -0.25) is 4.98 Å². The Bertz CT molecular complexity index is 537. The molecule has 2 aromatic heterocycles. The number of hydrogen-bond acceptors (Lipinski definition) is 4. The summed E-state index contributed by atoms with van der Waals surface area (Å²) in [6.07, 6.45) is 2.66. The lowest BCUT2D eigenvalue weighted by Crippen LogP contribution is -2.07. The molecule has 4 nitrogen and oxygen atoms in total. The van der Waals surface area contributed by atoms with Crippen LogP contribution in [0, 0.1) is 13.8 Å². The van der Waals surface area contributed by atoms with E-state index in [-0.39, 0.29) is 0 Å². The van der Waals surface area contributed by atoms with Crippen molar-refractivity contribution in [3.05, 3.63) is 47.2 Å². The molecule has 0 bridgehead atoms. The lowest BCUT2D eigenvalue weighted by molar-refractivity contribution is 0.906. The van der Waals surface area contributed by atoms with E-state index in [4.69, 9.17) is 0 Å². The number of rotatable bonds is 4. The molecule has 0 fully saturated rings. The lowest BCUT2D eigenvalue weighted by Gasteiger charge is -2.09. The molecule has 2 aromatic rings. The maximum absolute atomic E-state index is 4.45. The molecule has 0 aliphatic carbocycles. The number of pyridine rings is 1. The summed E-state index contributed by atoms with van der Waals surface area (Å²) >= 11 is 0. The third kappa shape index (κ3) is 3.03. The third-order valence-electron chi connectivity index (χ3n) is 2.77. The van der Waals surface area contributed by atoms with Crippen LogP contribution in [0.4, 0.5) is 5.82 Å². The first-order valence-electron chi connectivity index (χ1n) is 6.18. The quantitative estimate of drug-likeness (QED) is 0.895. The van der Waals surface area contributed by atoms with Crippen LogP contribution in [0.5, 0.6) is 0 Å². The van der Waals surface area contributed by atoms with Crippen LogP contribution in [0.15, 0.2) is 24.4 Å². The van der Waals surface area contributed by atoms with Gasteiger partial charge in [0.1, 0.15) is 11.6 Å². The molecule has 0 aromatic carbocycles. The Labute approximate surface area is 108 Å². The number of aromatic nitrogens is 3. The maximum atomic E-state index is 4.45. The molecule has 0 amide bonds. The van der Waals surface area contributed by atoms with Crippen molar-refractivity contribution in [1.82, 2.24) is 15.0 Å². The molecule has 94 valence electrons. The summed E-state index contributed by atoms with van der Waals surface area (Å²) in [4.78, 5) is 13.2. The zero-order valence-corrected chi connectivity index (χ0v) is 11.1. The molecule has 0 saturated heterocycles. The molecular formula is C14H18N4. The molecule has 0 saturated carbocycles. The Morgan fingerprint density at radius 3 is 2.78 bits per heavy atom. The van der Waals surface area contributed by atoms with E-state index in [1.807, 2.05) is 25.3 Å². The van der Waals surface area contributed by atoms with Gasteiger partial charge in [-0.25, -0.2) is 9.97 Å². The summed E-state index contributed by atoms with van der Waals surface area (Å²) in [7, 11) is 0. The largest absolute Gasteiger partial charge is 0.364 e. The first-order chi connectivity index (χ1) is 8.69. The van der Waals surface area contributed by atoms with Crippen LogP contribution >= 0.6 is 0 Å². The number of anilines is 1. The van der Waals surface area contributed by atoms with Gasteiger partial charge in [0.2, 0.25) is 0 Å². The van der Waals surface area contributed by atoms with Gasteiger partial charge in [0.25, 0.3) is 0 Å². The van der Waals surface area contributed by atoms with Crippen molar-refractivity contribution >= 4 is 5.82 Å². The van der Waals surface area contributed by atoms with Gasteiger partial charge < -0.3 is 5.32 Å². The van der Waals surface area contributed by atoms with Crippen molar-refractivity contribution in [3.63, 3.8) is 0 Å². The Morgan fingerprint density at radius 2 is 2.06 bits per heavy atom. The molecule has 0 radical (unpaired) electrons. The normalized spacial score (nSPS) is 10.4. The van der Waals surface area contributed by atoms with E-state index >= 15 is 0 Å². The van der Waals surface area contributed by atoms with Gasteiger partial charge in [0.05, 0.1) is 12.2 Å². The van der Waals surface area contributed by atoms with Gasteiger partial charge in [0.15, 0.2) is 0 Å². The minimum Gasteiger partial charge on any atom is -0.364 e. The average Bonchev–Trinajstić information content (AvgIpc) is 2.37. The predicted octanol–water partition coefficient (Wildman–Crippen LogP) is 2.66. The van der Waals surface area contributed by atoms with Gasteiger partial charge in [-0.15, -0.1) is 0 Å². The summed E-state index contributed by atoms with van der Waals surface area (Å²) in [5, 5.41) is 3.30. The Kier molecular flexibility index (Phi) is 3.87. The van der Waals surface area contributed by atoms with Gasteiger partial charge in [-0.1, -0.05) is 13.0 Å². The SMILES string of the molecule is CCc1nc(C)cc(NCc2ncccc2C)n1. The van der Waals surface area contributed by atoms with E-state index in [9.17, 15) is 0 Å². The number of hydrogen-bond donors (Lipinski definition) is 1. The number of nitrogens with one attached hydrogen (secondary N) is 1. The summed E-state index contributed by atoms with van der Waals surface area (Å²) in [6, 6.07) is 5.97. The van der Waals surface area contributed by atoms with Crippen molar-refractivity contribution < 1.29 is 0 Å². The van der Waals surface area contributed by atoms with Gasteiger partial charge in [-0.05, 0) is 25.5 Å². The zero-order chi connectivity index (χ0) is 13.0. The molecule has 0 aliphatic heterocycles. The molecule has 2 heterocycles. The van der Waals surface area contributed by atoms with Gasteiger partial charge in [0, 0.05) is 24.4 Å². The van der Waals surface area contributed by atoms with E-state index in [1.165, 1.54) is 5.56 Å². The average molecular weight is 242 g/mol. The molecule has 0 unspecified atom stereocenters. The molecular weight excluding hydrogens is 224 g/mol. The van der Waals surface area contributed by atoms with Crippen molar-refractivity contribution in [3.8, 4) is 0 Å². The number of nitrogens with zero attached hydrogens (tertiary/aromatic N) is 3. The van der Waals surface area contributed by atoms with Crippen molar-refractivity contribution in [2.24, 2.45) is 0 Å². The van der Waals surface area contributed by atoms with Crippen molar-refractivity contribution in [2.45, 2.75) is 33.7 Å². The maximum Gasteiger partial charge on any atom is 0.130 e. The highest BCUT2D eigenvalue weighted by Gasteiger charge is 2.02. The molecule has 4 heteroatoms. The third-order valence-corrected chi connectivity index (χ3v) is 2.77. The van der Waals surface area contributed by atoms with Crippen LogP contribution in [0.2, 0.25) is 0 Å². The highest BCUT2D eigenvalue weighted by atomic mass is 15.0. The van der Waals surface area contributed by atoms with Gasteiger partial charge >= 0.3 is 0 Å². The second-order valence-corrected chi connectivity index (χ2v) is 4.28.